The largest absolute Gasteiger partial charge is 0.508 e. The molecule has 29 heavy (non-hydrogen) atoms. The van der Waals surface area contributed by atoms with E-state index in [0.29, 0.717) is 35.6 Å². The molecule has 1 aliphatic carbocycles. The second-order valence-corrected chi connectivity index (χ2v) is 7.64. The highest BCUT2D eigenvalue weighted by molar-refractivity contribution is 6.01. The van der Waals surface area contributed by atoms with Gasteiger partial charge in [-0.25, -0.2) is 4.39 Å². The fraction of sp³-hybridized carbons (Fsp3) is 0.217. The van der Waals surface area contributed by atoms with E-state index in [2.05, 4.69) is 10.5 Å². The first-order valence-corrected chi connectivity index (χ1v) is 9.55. The maximum absolute atomic E-state index is 14.0. The number of aromatic hydroxyl groups is 1. The summed E-state index contributed by atoms with van der Waals surface area (Å²) in [5.74, 6) is -0.0276. The molecule has 0 saturated heterocycles. The molecule has 1 aliphatic heterocycles. The van der Waals surface area contributed by atoms with Crippen molar-refractivity contribution < 1.29 is 18.8 Å². The highest BCUT2D eigenvalue weighted by atomic mass is 19.1. The molecule has 0 radical (unpaired) electrons. The van der Waals surface area contributed by atoms with Gasteiger partial charge in [-0.15, -0.1) is 0 Å². The lowest BCUT2D eigenvalue weighted by molar-refractivity contribution is -0.116. The molecule has 0 bridgehead atoms. The van der Waals surface area contributed by atoms with E-state index in [0.717, 1.165) is 16.8 Å². The van der Waals surface area contributed by atoms with Crippen LogP contribution in [0.15, 0.2) is 64.3 Å². The Morgan fingerprint density at radius 1 is 1.14 bits per heavy atom. The molecule has 5 nitrogen and oxygen atoms in total. The molecule has 5 rings (SSSR count). The molecule has 0 unspecified atom stereocenters. The lowest BCUT2D eigenvalue weighted by Gasteiger charge is -2.34. The quantitative estimate of drug-likeness (QED) is 0.658. The monoisotopic (exact) mass is 390 g/mol. The molecule has 0 amide bonds. The third-order valence-electron chi connectivity index (χ3n) is 5.80. The van der Waals surface area contributed by atoms with Crippen molar-refractivity contribution in [3.05, 3.63) is 88.0 Å². The molecule has 6 heteroatoms. The summed E-state index contributed by atoms with van der Waals surface area (Å²) in [5, 5.41) is 16.9. The number of hydrogen-bond acceptors (Lipinski definition) is 5. The number of ketones is 1. The summed E-state index contributed by atoms with van der Waals surface area (Å²) in [7, 11) is 0. The summed E-state index contributed by atoms with van der Waals surface area (Å²) in [5.41, 5.74) is 4.61. The zero-order valence-electron chi connectivity index (χ0n) is 15.8. The van der Waals surface area contributed by atoms with E-state index in [9.17, 15) is 14.3 Å². The molecule has 2 aromatic carbocycles. The molecule has 1 aromatic heterocycles. The van der Waals surface area contributed by atoms with Gasteiger partial charge in [-0.3, -0.25) is 4.79 Å². The van der Waals surface area contributed by atoms with Crippen LogP contribution in [0, 0.1) is 12.7 Å². The van der Waals surface area contributed by atoms with Crippen LogP contribution in [0.3, 0.4) is 0 Å². The number of aryl methyl sites for hydroxylation is 1. The van der Waals surface area contributed by atoms with Gasteiger partial charge >= 0.3 is 0 Å². The number of carbonyl (C=O) groups is 1. The topological polar surface area (TPSA) is 75.4 Å². The van der Waals surface area contributed by atoms with Crippen molar-refractivity contribution >= 4 is 11.7 Å². The first-order chi connectivity index (χ1) is 14.0. The van der Waals surface area contributed by atoms with Crippen LogP contribution in [-0.2, 0) is 4.79 Å². The van der Waals surface area contributed by atoms with Gasteiger partial charge in [-0.05, 0) is 54.7 Å². The van der Waals surface area contributed by atoms with E-state index < -0.39 is 5.92 Å². The number of phenolic OH excluding ortho intramolecular Hbond substituents is 1. The van der Waals surface area contributed by atoms with Crippen LogP contribution in [0.2, 0.25) is 0 Å². The maximum Gasteiger partial charge on any atom is 0.233 e. The second-order valence-electron chi connectivity index (χ2n) is 7.64. The molecule has 2 N–H and O–H groups in total. The van der Waals surface area contributed by atoms with Crippen LogP contribution in [0.5, 0.6) is 5.75 Å². The number of allylic oxidation sites excluding steroid dienone is 2. The minimum Gasteiger partial charge on any atom is -0.508 e. The van der Waals surface area contributed by atoms with Gasteiger partial charge in [0.25, 0.3) is 0 Å². The van der Waals surface area contributed by atoms with Gasteiger partial charge in [-0.1, -0.05) is 29.4 Å². The smallest absolute Gasteiger partial charge is 0.233 e. The molecule has 0 saturated carbocycles. The SMILES string of the molecule is Cc1noc2c1[C@H](c1cccc(F)c1)C1=C(C[C@H](c3ccc(O)cc3)CC1=O)N2. The number of nitrogens with one attached hydrogen (secondary N) is 1. The minimum absolute atomic E-state index is 0.00641. The number of Topliss-reactive ketones (excluding diaryl/α,β-unsaturated/α-hetero) is 1. The maximum atomic E-state index is 14.0. The van der Waals surface area contributed by atoms with Gasteiger partial charge in [0.15, 0.2) is 5.78 Å². The van der Waals surface area contributed by atoms with Crippen molar-refractivity contribution in [1.29, 1.82) is 0 Å². The molecule has 2 atom stereocenters. The highest BCUT2D eigenvalue weighted by Gasteiger charge is 2.41. The summed E-state index contributed by atoms with van der Waals surface area (Å²) in [6.07, 6.45) is 0.980. The van der Waals surface area contributed by atoms with Crippen molar-refractivity contribution in [2.75, 3.05) is 5.32 Å². The predicted octanol–water partition coefficient (Wildman–Crippen LogP) is 4.79. The van der Waals surface area contributed by atoms with Crippen molar-refractivity contribution in [3.63, 3.8) is 0 Å². The molecular weight excluding hydrogens is 371 g/mol. The number of halogens is 1. The Kier molecular flexibility index (Phi) is 4.01. The van der Waals surface area contributed by atoms with Crippen molar-refractivity contribution in [1.82, 2.24) is 5.16 Å². The van der Waals surface area contributed by atoms with Gasteiger partial charge < -0.3 is 14.9 Å². The number of aromatic nitrogens is 1. The van der Waals surface area contributed by atoms with E-state index >= 15 is 0 Å². The Labute approximate surface area is 166 Å². The van der Waals surface area contributed by atoms with Crippen LogP contribution in [-0.4, -0.2) is 16.0 Å². The number of benzene rings is 2. The number of phenols is 1. The molecular formula is C23H19FN2O3. The minimum atomic E-state index is -0.406. The Bertz CT molecular complexity index is 1150. The normalized spacial score (nSPS) is 20.8. The zero-order valence-corrected chi connectivity index (χ0v) is 15.8. The summed E-state index contributed by atoms with van der Waals surface area (Å²) in [4.78, 5) is 13.3. The average molecular weight is 390 g/mol. The third-order valence-corrected chi connectivity index (χ3v) is 5.80. The van der Waals surface area contributed by atoms with Gasteiger partial charge in [0.2, 0.25) is 5.88 Å². The number of rotatable bonds is 2. The third kappa shape index (κ3) is 2.92. The van der Waals surface area contributed by atoms with Crippen molar-refractivity contribution in [2.45, 2.75) is 31.6 Å². The highest BCUT2D eigenvalue weighted by Crippen LogP contribution is 2.49. The number of carbonyl (C=O) groups excluding carboxylic acids is 1. The number of hydrogen-bond donors (Lipinski definition) is 2. The van der Waals surface area contributed by atoms with Gasteiger partial charge in [0.05, 0.1) is 11.3 Å². The Morgan fingerprint density at radius 2 is 1.93 bits per heavy atom. The fourth-order valence-electron chi connectivity index (χ4n) is 4.47. The van der Waals surface area contributed by atoms with Crippen LogP contribution in [0.25, 0.3) is 0 Å². The average Bonchev–Trinajstić information content (AvgIpc) is 3.07. The van der Waals surface area contributed by atoms with Gasteiger partial charge in [0.1, 0.15) is 11.6 Å². The van der Waals surface area contributed by atoms with Gasteiger partial charge in [-0.2, -0.15) is 0 Å². The number of nitrogens with zero attached hydrogens (tertiary/aromatic N) is 1. The van der Waals surface area contributed by atoms with E-state index in [1.807, 2.05) is 25.1 Å². The van der Waals surface area contributed by atoms with E-state index in [4.69, 9.17) is 4.52 Å². The second kappa shape index (κ2) is 6.58. The van der Waals surface area contributed by atoms with E-state index in [1.165, 1.54) is 12.1 Å². The van der Waals surface area contributed by atoms with Crippen molar-refractivity contribution in [2.24, 2.45) is 0 Å². The lowest BCUT2D eigenvalue weighted by atomic mass is 9.72. The Morgan fingerprint density at radius 3 is 2.69 bits per heavy atom. The standard InChI is InChI=1S/C23H19FN2O3/c1-12-20-21(14-3-2-4-16(24)9-14)22-18(25-23(20)29-26-12)10-15(11-19(22)28)13-5-7-17(27)8-6-13/h2-9,15,21,25,27H,10-11H2,1H3/t15-,21-/m0/s1. The number of fused-ring (bicyclic) bond motifs is 1. The predicted molar refractivity (Wildman–Crippen MR) is 105 cm³/mol. The summed E-state index contributed by atoms with van der Waals surface area (Å²) in [6, 6.07) is 13.3. The summed E-state index contributed by atoms with van der Waals surface area (Å²) < 4.78 is 19.5. The van der Waals surface area contributed by atoms with E-state index in [1.54, 1.807) is 18.2 Å². The number of anilines is 1. The first-order valence-electron chi connectivity index (χ1n) is 9.55. The van der Waals surface area contributed by atoms with Crippen LogP contribution in [0.1, 0.15) is 47.1 Å². The van der Waals surface area contributed by atoms with Crippen LogP contribution in [0.4, 0.5) is 10.3 Å². The molecule has 0 fully saturated rings. The molecule has 3 aromatic rings. The van der Waals surface area contributed by atoms with Crippen LogP contribution < -0.4 is 5.32 Å². The first kappa shape index (κ1) is 17.7. The molecule has 146 valence electrons. The van der Waals surface area contributed by atoms with Crippen molar-refractivity contribution in [3.8, 4) is 5.75 Å². The zero-order chi connectivity index (χ0) is 20.1. The Hall–Kier alpha value is -3.41. The van der Waals surface area contributed by atoms with E-state index in [-0.39, 0.29) is 23.3 Å². The Balaban J connectivity index is 1.62. The summed E-state index contributed by atoms with van der Waals surface area (Å²) >= 11 is 0. The molecule has 0 spiro atoms. The lowest BCUT2D eigenvalue weighted by Crippen LogP contribution is -2.29. The fourth-order valence-corrected chi connectivity index (χ4v) is 4.47. The van der Waals surface area contributed by atoms with Crippen LogP contribution >= 0.6 is 0 Å². The van der Waals surface area contributed by atoms with Gasteiger partial charge in [0, 0.05) is 23.6 Å². The molecule has 2 heterocycles. The molecule has 2 aliphatic rings. The summed E-state index contributed by atoms with van der Waals surface area (Å²) in [6.45, 7) is 1.83.